The van der Waals surface area contributed by atoms with E-state index in [0.29, 0.717) is 24.6 Å². The van der Waals surface area contributed by atoms with Crippen LogP contribution in [0, 0.1) is 23.7 Å². The van der Waals surface area contributed by atoms with Crippen LogP contribution in [0.3, 0.4) is 0 Å². The van der Waals surface area contributed by atoms with Crippen molar-refractivity contribution in [2.24, 2.45) is 23.7 Å². The molecule has 8 heteroatoms. The van der Waals surface area contributed by atoms with E-state index in [1.54, 1.807) is 101 Å². The second-order valence-electron chi connectivity index (χ2n) is 30.5. The predicted molar refractivity (Wildman–Crippen MR) is 414 cm³/mol. The molecule has 0 heterocycles. The number of unbranched alkanes of at least 4 members (excludes halogenated alkanes) is 40. The molecule has 0 saturated heterocycles. The second kappa shape index (κ2) is 71.0. The van der Waals surface area contributed by atoms with Crippen molar-refractivity contribution in [1.29, 1.82) is 0 Å². The summed E-state index contributed by atoms with van der Waals surface area (Å²) in [4.78, 5) is 22.6. The van der Waals surface area contributed by atoms with Crippen LogP contribution >= 0.6 is 29.3 Å². The van der Waals surface area contributed by atoms with Crippen molar-refractivity contribution >= 4 is 29.3 Å². The molecule has 0 N–H and O–H groups in total. The summed E-state index contributed by atoms with van der Waals surface area (Å²) in [6.07, 6.45) is 85.6. The number of hydrogen-bond donors (Lipinski definition) is 0. The molecular weight excluding hydrogens is 1150 g/mol. The third-order valence-corrected chi connectivity index (χ3v) is 33.7. The maximum atomic E-state index is 11.3. The summed E-state index contributed by atoms with van der Waals surface area (Å²) in [5.41, 5.74) is 0. The van der Waals surface area contributed by atoms with Crippen molar-refractivity contribution in [2.75, 3.05) is 73.9 Å². The van der Waals surface area contributed by atoms with Gasteiger partial charge >= 0.3 is 0 Å². The Balaban J connectivity index is -0.000000598. The Bertz CT molecular complexity index is 1220. The van der Waals surface area contributed by atoms with Gasteiger partial charge in [-0.3, -0.25) is 0 Å². The first-order valence-corrected chi connectivity index (χ1v) is 49.5. The predicted octanol–water partition coefficient (Wildman–Crippen LogP) is 28.8. The van der Waals surface area contributed by atoms with E-state index in [2.05, 4.69) is 55.4 Å². The summed E-state index contributed by atoms with van der Waals surface area (Å²) in [7, 11) is -7.50. The first kappa shape index (κ1) is 95.6. The molecule has 0 aliphatic heterocycles. The first-order chi connectivity index (χ1) is 42.2. The van der Waals surface area contributed by atoms with Crippen LogP contribution in [-0.4, -0.2) is 73.9 Å². The van der Waals surface area contributed by atoms with E-state index in [1.165, 1.54) is 257 Å². The smallest absolute Gasteiger partial charge is 0.0594 e. The van der Waals surface area contributed by atoms with E-state index in [4.69, 9.17) is 0 Å². The highest BCUT2D eigenvalue weighted by Gasteiger charge is 2.36. The molecule has 0 fully saturated rings. The van der Waals surface area contributed by atoms with Gasteiger partial charge in [-0.1, -0.05) is 316 Å². The summed E-state index contributed by atoms with van der Waals surface area (Å²) in [5, 5.41) is 0. The molecular formula is C80H172O4P4. The van der Waals surface area contributed by atoms with Gasteiger partial charge in [0.1, 0.15) is 0 Å². The highest BCUT2D eigenvalue weighted by Crippen LogP contribution is 2.62. The minimum Gasteiger partial charge on any atom is -0.799 e. The van der Waals surface area contributed by atoms with Crippen LogP contribution in [0.1, 0.15) is 419 Å². The molecule has 0 unspecified atom stereocenters. The molecule has 0 rings (SSSR count). The van der Waals surface area contributed by atoms with Gasteiger partial charge in [-0.2, -0.15) is 0 Å². The zero-order chi connectivity index (χ0) is 66.7. The Labute approximate surface area is 561 Å². The van der Waals surface area contributed by atoms with Gasteiger partial charge in [0.15, 0.2) is 0 Å². The van der Waals surface area contributed by atoms with Crippen LogP contribution < -0.4 is 9.79 Å². The zero-order valence-corrected chi connectivity index (χ0v) is 67.7. The molecule has 0 aromatic rings. The molecule has 0 atom stereocenters. The molecule has 88 heavy (non-hydrogen) atoms. The van der Waals surface area contributed by atoms with Crippen molar-refractivity contribution in [1.82, 2.24) is 0 Å². The maximum Gasteiger partial charge on any atom is 0.0594 e. The average molecular weight is 1320 g/mol. The molecule has 0 radical (unpaired) electrons. The summed E-state index contributed by atoms with van der Waals surface area (Å²) < 4.78 is 22.6. The van der Waals surface area contributed by atoms with Crippen LogP contribution in [0.25, 0.3) is 0 Å². The molecule has 0 aliphatic carbocycles. The van der Waals surface area contributed by atoms with Crippen LogP contribution in [0.5, 0.6) is 0 Å². The highest BCUT2D eigenvalue weighted by molar-refractivity contribution is 7.76. The van der Waals surface area contributed by atoms with Gasteiger partial charge in [0.25, 0.3) is 0 Å². The Morgan fingerprint density at radius 2 is 0.307 bits per heavy atom. The Hall–Kier alpha value is 1.24. The lowest BCUT2D eigenvalue weighted by Crippen LogP contribution is -2.15. The second-order valence-corrected chi connectivity index (χ2v) is 44.2. The van der Waals surface area contributed by atoms with Gasteiger partial charge in [0.05, 0.1) is 49.3 Å². The topological polar surface area (TPSA) is 80.3 Å². The minimum absolute atomic E-state index is 0.261. The fourth-order valence-corrected chi connectivity index (χ4v) is 28.1. The maximum absolute atomic E-state index is 11.3. The van der Waals surface area contributed by atoms with Crippen LogP contribution in [-0.2, 0) is 9.13 Å². The lowest BCUT2D eigenvalue weighted by molar-refractivity contribution is -0.177. The van der Waals surface area contributed by atoms with Gasteiger partial charge in [0.2, 0.25) is 0 Å². The number of hydrogen-bond acceptors (Lipinski definition) is 4. The van der Waals surface area contributed by atoms with Crippen LogP contribution in [0.15, 0.2) is 0 Å². The monoisotopic (exact) mass is 1320 g/mol. The van der Waals surface area contributed by atoms with Crippen molar-refractivity contribution in [3.63, 3.8) is 0 Å². The molecule has 0 saturated carbocycles. The Morgan fingerprint density at radius 3 is 0.420 bits per heavy atom. The first-order valence-electron chi connectivity index (χ1n) is 40.4. The third-order valence-electron chi connectivity index (χ3n) is 18.5. The van der Waals surface area contributed by atoms with E-state index < -0.39 is 29.3 Å². The average Bonchev–Trinajstić information content (AvgIpc) is 3.39. The normalized spacial score (nSPS) is 12.2. The van der Waals surface area contributed by atoms with E-state index in [0.717, 1.165) is 0 Å². The third kappa shape index (κ3) is 74.6. The zero-order valence-electron chi connectivity index (χ0n) is 64.2. The van der Waals surface area contributed by atoms with Gasteiger partial charge < -0.3 is 18.9 Å². The summed E-state index contributed by atoms with van der Waals surface area (Å²) in [6.45, 7) is 34.3. The van der Waals surface area contributed by atoms with Crippen molar-refractivity contribution in [2.45, 2.75) is 419 Å². The molecule has 0 aromatic carbocycles. The number of rotatable bonds is 64. The van der Waals surface area contributed by atoms with E-state index >= 15 is 0 Å². The Kier molecular flexibility index (Phi) is 77.2. The molecule has 0 bridgehead atoms. The quantitative estimate of drug-likeness (QED) is 0.0449. The van der Waals surface area contributed by atoms with Crippen LogP contribution in [0.2, 0.25) is 0 Å². The summed E-state index contributed by atoms with van der Waals surface area (Å²) in [6, 6.07) is 0. The summed E-state index contributed by atoms with van der Waals surface area (Å²) in [5.74, 6) is 1.04. The fourth-order valence-electron chi connectivity index (χ4n) is 13.5. The molecule has 0 aromatic heterocycles. The van der Waals surface area contributed by atoms with Crippen molar-refractivity contribution in [3.8, 4) is 0 Å². The molecule has 0 amide bonds. The lowest BCUT2D eigenvalue weighted by atomic mass is 10.1. The standard InChI is InChI=1S/2C32H68P.2C8H19O2P/c2*1-5-9-13-17-18-19-20-21-22-23-24-28-32-33(29-25-14-10-6-2,30-26-15-11-7-3)31-27-16-12-8-4;2*1-7(2)5-11(9,10)6-8(3)4/h2*5-32H2,1-4H3;2*7-8H,5-6H2,1-4H3,(H,9,10)/q2*+1;;/p-2. The molecule has 536 valence electrons. The van der Waals surface area contributed by atoms with Gasteiger partial charge in [-0.05, 0) is 151 Å². The van der Waals surface area contributed by atoms with Crippen molar-refractivity contribution < 1.29 is 18.9 Å². The minimum atomic E-state index is -3.05. The van der Waals surface area contributed by atoms with E-state index in [1.807, 2.05) is 55.4 Å². The van der Waals surface area contributed by atoms with E-state index in [9.17, 15) is 18.9 Å². The van der Waals surface area contributed by atoms with Gasteiger partial charge in [-0.25, -0.2) is 0 Å². The molecule has 0 aliphatic rings. The van der Waals surface area contributed by atoms with Crippen LogP contribution in [0.4, 0.5) is 0 Å². The SMILES string of the molecule is CC(C)CP(=O)([O-])CC(C)C.CC(C)CP(=O)([O-])CC(C)C.CCCCCCCCCCCCCC[P+](CCCCCC)(CCCCCC)CCCCCC.CCCCCCCCCCCCCC[P+](CCCCCC)(CCCCCC)CCCCCC. The highest BCUT2D eigenvalue weighted by atomic mass is 31.2. The van der Waals surface area contributed by atoms with E-state index in [-0.39, 0.29) is 23.7 Å². The van der Waals surface area contributed by atoms with Gasteiger partial charge in [0, 0.05) is 29.3 Å². The lowest BCUT2D eigenvalue weighted by Gasteiger charge is -2.28. The molecule has 4 nitrogen and oxygen atoms in total. The fraction of sp³-hybridized carbons (Fsp3) is 1.00. The molecule has 0 spiro atoms. The summed E-state index contributed by atoms with van der Waals surface area (Å²) >= 11 is 0. The van der Waals surface area contributed by atoms with Gasteiger partial charge in [-0.15, -0.1) is 0 Å². The largest absolute Gasteiger partial charge is 0.799 e. The Morgan fingerprint density at radius 1 is 0.205 bits per heavy atom. The van der Waals surface area contributed by atoms with Crippen molar-refractivity contribution in [3.05, 3.63) is 0 Å².